The molecule has 0 aliphatic rings. The van der Waals surface area contributed by atoms with Crippen molar-refractivity contribution in [3.63, 3.8) is 0 Å². The first-order valence-corrected chi connectivity index (χ1v) is 6.06. The Labute approximate surface area is 112 Å². The lowest BCUT2D eigenvalue weighted by atomic mass is 10.1. The third-order valence-electron chi connectivity index (χ3n) is 3.03. The van der Waals surface area contributed by atoms with Gasteiger partial charge in [0.15, 0.2) is 0 Å². The van der Waals surface area contributed by atoms with Crippen LogP contribution in [0.5, 0.6) is 0 Å². The summed E-state index contributed by atoms with van der Waals surface area (Å²) in [5.74, 6) is -0.763. The Morgan fingerprint density at radius 2 is 1.42 bits per heavy atom. The SMILES string of the molecule is Cc1ccc(C(=O)NC(=O)c2ccccc2)cc1C. The lowest BCUT2D eigenvalue weighted by Gasteiger charge is -2.06. The van der Waals surface area contributed by atoms with Gasteiger partial charge in [0.05, 0.1) is 0 Å². The summed E-state index contributed by atoms with van der Waals surface area (Å²) in [6, 6.07) is 14.1. The van der Waals surface area contributed by atoms with Crippen molar-refractivity contribution >= 4 is 11.8 Å². The fraction of sp³-hybridized carbons (Fsp3) is 0.125. The zero-order valence-corrected chi connectivity index (χ0v) is 10.9. The maximum absolute atomic E-state index is 12.0. The number of amides is 2. The maximum atomic E-state index is 12.0. The average Bonchev–Trinajstić information content (AvgIpc) is 2.42. The number of hydrogen-bond acceptors (Lipinski definition) is 2. The number of nitrogens with one attached hydrogen (secondary N) is 1. The van der Waals surface area contributed by atoms with Crippen LogP contribution in [-0.4, -0.2) is 11.8 Å². The van der Waals surface area contributed by atoms with E-state index in [9.17, 15) is 9.59 Å². The van der Waals surface area contributed by atoms with Crippen molar-refractivity contribution in [1.82, 2.24) is 5.32 Å². The van der Waals surface area contributed by atoms with E-state index in [1.807, 2.05) is 26.0 Å². The van der Waals surface area contributed by atoms with Gasteiger partial charge in [0.2, 0.25) is 0 Å². The van der Waals surface area contributed by atoms with E-state index >= 15 is 0 Å². The number of hydrogen-bond donors (Lipinski definition) is 1. The fourth-order valence-electron chi connectivity index (χ4n) is 1.72. The molecule has 1 N–H and O–H groups in total. The number of rotatable bonds is 2. The molecule has 3 nitrogen and oxygen atoms in total. The molecule has 2 rings (SSSR count). The predicted octanol–water partition coefficient (Wildman–Crippen LogP) is 2.87. The second-order valence-corrected chi connectivity index (χ2v) is 4.45. The third kappa shape index (κ3) is 3.07. The van der Waals surface area contributed by atoms with Gasteiger partial charge in [0.1, 0.15) is 0 Å². The highest BCUT2D eigenvalue weighted by molar-refractivity contribution is 6.10. The lowest BCUT2D eigenvalue weighted by molar-refractivity contribution is 0.0849. The van der Waals surface area contributed by atoms with Gasteiger partial charge >= 0.3 is 0 Å². The Morgan fingerprint density at radius 1 is 0.789 bits per heavy atom. The molecule has 0 saturated heterocycles. The van der Waals surface area contributed by atoms with E-state index in [0.717, 1.165) is 11.1 Å². The molecule has 0 bridgehead atoms. The molecule has 0 fully saturated rings. The van der Waals surface area contributed by atoms with Crippen LogP contribution in [0.3, 0.4) is 0 Å². The fourth-order valence-corrected chi connectivity index (χ4v) is 1.72. The molecule has 0 aromatic heterocycles. The smallest absolute Gasteiger partial charge is 0.258 e. The molecule has 0 aliphatic carbocycles. The van der Waals surface area contributed by atoms with E-state index < -0.39 is 0 Å². The second kappa shape index (κ2) is 5.48. The van der Waals surface area contributed by atoms with E-state index in [4.69, 9.17) is 0 Å². The van der Waals surface area contributed by atoms with Gasteiger partial charge in [-0.1, -0.05) is 24.3 Å². The summed E-state index contributed by atoms with van der Waals surface area (Å²) < 4.78 is 0. The lowest BCUT2D eigenvalue weighted by Crippen LogP contribution is -2.30. The Kier molecular flexibility index (Phi) is 3.76. The topological polar surface area (TPSA) is 46.2 Å². The van der Waals surface area contributed by atoms with Gasteiger partial charge in [0, 0.05) is 11.1 Å². The summed E-state index contributed by atoms with van der Waals surface area (Å²) in [4.78, 5) is 23.8. The summed E-state index contributed by atoms with van der Waals surface area (Å²) in [5, 5.41) is 2.38. The minimum absolute atomic E-state index is 0.378. The van der Waals surface area contributed by atoms with Crippen molar-refractivity contribution in [2.24, 2.45) is 0 Å². The summed E-state index contributed by atoms with van der Waals surface area (Å²) in [5.41, 5.74) is 3.11. The third-order valence-corrected chi connectivity index (χ3v) is 3.03. The van der Waals surface area contributed by atoms with Gasteiger partial charge in [-0.25, -0.2) is 0 Å². The molecular weight excluding hydrogens is 238 g/mol. The quantitative estimate of drug-likeness (QED) is 0.836. The number of imide groups is 1. The number of carbonyl (C=O) groups is 2. The van der Waals surface area contributed by atoms with Crippen LogP contribution in [0.2, 0.25) is 0 Å². The van der Waals surface area contributed by atoms with Gasteiger partial charge in [-0.3, -0.25) is 14.9 Å². The van der Waals surface area contributed by atoms with E-state index in [1.54, 1.807) is 36.4 Å². The van der Waals surface area contributed by atoms with Crippen LogP contribution >= 0.6 is 0 Å². The average molecular weight is 253 g/mol. The number of aryl methyl sites for hydroxylation is 2. The zero-order chi connectivity index (χ0) is 13.8. The first-order valence-electron chi connectivity index (χ1n) is 6.06. The summed E-state index contributed by atoms with van der Waals surface area (Å²) in [6.07, 6.45) is 0. The van der Waals surface area contributed by atoms with Crippen LogP contribution in [-0.2, 0) is 0 Å². The first kappa shape index (κ1) is 13.0. The Hall–Kier alpha value is -2.42. The minimum Gasteiger partial charge on any atom is -0.288 e. The molecule has 0 saturated carbocycles. The molecule has 0 spiro atoms. The number of carbonyl (C=O) groups excluding carboxylic acids is 2. The van der Waals surface area contributed by atoms with Crippen molar-refractivity contribution in [2.75, 3.05) is 0 Å². The molecule has 0 aliphatic heterocycles. The van der Waals surface area contributed by atoms with Gasteiger partial charge < -0.3 is 0 Å². The molecule has 19 heavy (non-hydrogen) atoms. The molecule has 2 aromatic carbocycles. The van der Waals surface area contributed by atoms with Gasteiger partial charge in [-0.2, -0.15) is 0 Å². The second-order valence-electron chi connectivity index (χ2n) is 4.45. The van der Waals surface area contributed by atoms with E-state index in [-0.39, 0.29) is 11.8 Å². The number of benzene rings is 2. The van der Waals surface area contributed by atoms with Crippen LogP contribution in [0, 0.1) is 13.8 Å². The highest BCUT2D eigenvalue weighted by Crippen LogP contribution is 2.10. The molecule has 0 radical (unpaired) electrons. The van der Waals surface area contributed by atoms with E-state index in [1.165, 1.54) is 0 Å². The van der Waals surface area contributed by atoms with Crippen LogP contribution in [0.4, 0.5) is 0 Å². The molecule has 2 aromatic rings. The van der Waals surface area contributed by atoms with Crippen molar-refractivity contribution in [2.45, 2.75) is 13.8 Å². The van der Waals surface area contributed by atoms with Gasteiger partial charge in [-0.05, 0) is 49.2 Å². The van der Waals surface area contributed by atoms with E-state index in [0.29, 0.717) is 11.1 Å². The largest absolute Gasteiger partial charge is 0.288 e. The summed E-state index contributed by atoms with van der Waals surface area (Å²) in [7, 11) is 0. The van der Waals surface area contributed by atoms with E-state index in [2.05, 4.69) is 5.32 Å². The minimum atomic E-state index is -0.385. The highest BCUT2D eigenvalue weighted by Gasteiger charge is 2.12. The predicted molar refractivity (Wildman–Crippen MR) is 74.2 cm³/mol. The Bertz CT molecular complexity index is 618. The van der Waals surface area contributed by atoms with Gasteiger partial charge in [0.25, 0.3) is 11.8 Å². The Morgan fingerprint density at radius 3 is 2.05 bits per heavy atom. The summed E-state index contributed by atoms with van der Waals surface area (Å²) in [6.45, 7) is 3.91. The monoisotopic (exact) mass is 253 g/mol. The first-order chi connectivity index (χ1) is 9.08. The molecule has 0 heterocycles. The highest BCUT2D eigenvalue weighted by atomic mass is 16.2. The normalized spacial score (nSPS) is 10.0. The molecule has 2 amide bonds. The van der Waals surface area contributed by atoms with Crippen LogP contribution in [0.25, 0.3) is 0 Å². The Balaban J connectivity index is 2.13. The van der Waals surface area contributed by atoms with Crippen LogP contribution in [0.15, 0.2) is 48.5 Å². The van der Waals surface area contributed by atoms with Crippen molar-refractivity contribution in [1.29, 1.82) is 0 Å². The zero-order valence-electron chi connectivity index (χ0n) is 10.9. The molecule has 0 unspecified atom stereocenters. The van der Waals surface area contributed by atoms with Crippen molar-refractivity contribution in [3.8, 4) is 0 Å². The van der Waals surface area contributed by atoms with Crippen LogP contribution < -0.4 is 5.32 Å². The molecule has 96 valence electrons. The standard InChI is InChI=1S/C16H15NO2/c1-11-8-9-14(10-12(11)2)16(19)17-15(18)13-6-4-3-5-7-13/h3-10H,1-2H3,(H,17,18,19). The molecule has 3 heteroatoms. The van der Waals surface area contributed by atoms with Crippen molar-refractivity contribution < 1.29 is 9.59 Å². The molecule has 0 atom stereocenters. The summed E-state index contributed by atoms with van der Waals surface area (Å²) >= 11 is 0. The van der Waals surface area contributed by atoms with Crippen molar-refractivity contribution in [3.05, 3.63) is 70.8 Å². The van der Waals surface area contributed by atoms with Gasteiger partial charge in [-0.15, -0.1) is 0 Å². The maximum Gasteiger partial charge on any atom is 0.258 e. The molecular formula is C16H15NO2. The van der Waals surface area contributed by atoms with Crippen LogP contribution in [0.1, 0.15) is 31.8 Å².